The first-order chi connectivity index (χ1) is 8.18. The van der Waals surface area contributed by atoms with Gasteiger partial charge in [0.05, 0.1) is 11.2 Å². The number of aryl methyl sites for hydroxylation is 2. The molecule has 0 radical (unpaired) electrons. The molecule has 0 aromatic carbocycles. The molecule has 1 rings (SSSR count). The summed E-state index contributed by atoms with van der Waals surface area (Å²) in [5.41, 5.74) is 1.57. The number of nitrogens with one attached hydrogen (secondary N) is 1. The SMILES string of the molecule is CCNC(C)(CCC(C)(C)C)c1nc(C)c(C)s1. The molecular weight excluding hydrogens is 240 g/mol. The average Bonchev–Trinajstić information content (AvgIpc) is 2.57. The third-order valence-electron chi connectivity index (χ3n) is 3.44. The molecule has 1 heterocycles. The minimum absolute atomic E-state index is 0.0196. The average molecular weight is 268 g/mol. The molecule has 1 unspecified atom stereocenters. The molecule has 1 atom stereocenters. The molecule has 0 amide bonds. The summed E-state index contributed by atoms with van der Waals surface area (Å²) in [7, 11) is 0. The van der Waals surface area contributed by atoms with Gasteiger partial charge in [-0.25, -0.2) is 4.98 Å². The highest BCUT2D eigenvalue weighted by Gasteiger charge is 2.30. The molecular formula is C15H28N2S. The van der Waals surface area contributed by atoms with Crippen molar-refractivity contribution in [2.75, 3.05) is 6.54 Å². The summed E-state index contributed by atoms with van der Waals surface area (Å²) in [5.74, 6) is 0. The lowest BCUT2D eigenvalue weighted by molar-refractivity contribution is 0.267. The van der Waals surface area contributed by atoms with Gasteiger partial charge in [0.2, 0.25) is 0 Å². The van der Waals surface area contributed by atoms with Crippen LogP contribution >= 0.6 is 11.3 Å². The molecule has 0 bridgehead atoms. The van der Waals surface area contributed by atoms with Gasteiger partial charge in [-0.1, -0.05) is 27.7 Å². The standard InChI is InChI=1S/C15H28N2S/c1-8-16-15(7,10-9-14(4,5)6)13-17-11(2)12(3)18-13/h16H,8-10H2,1-7H3. The van der Waals surface area contributed by atoms with Crippen LogP contribution in [0, 0.1) is 19.3 Å². The van der Waals surface area contributed by atoms with Crippen LogP contribution in [0.15, 0.2) is 0 Å². The summed E-state index contributed by atoms with van der Waals surface area (Å²) in [6.07, 6.45) is 2.34. The molecule has 0 aliphatic rings. The van der Waals surface area contributed by atoms with E-state index in [-0.39, 0.29) is 5.54 Å². The Morgan fingerprint density at radius 3 is 2.11 bits per heavy atom. The maximum atomic E-state index is 4.76. The van der Waals surface area contributed by atoms with Crippen molar-refractivity contribution < 1.29 is 0 Å². The molecule has 0 spiro atoms. The van der Waals surface area contributed by atoms with Gasteiger partial charge in [0.15, 0.2) is 0 Å². The molecule has 18 heavy (non-hydrogen) atoms. The lowest BCUT2D eigenvalue weighted by Gasteiger charge is -2.31. The third-order valence-corrected chi connectivity index (χ3v) is 4.78. The second-order valence-electron chi connectivity index (χ2n) is 6.58. The molecule has 0 saturated carbocycles. The van der Waals surface area contributed by atoms with E-state index >= 15 is 0 Å². The van der Waals surface area contributed by atoms with Crippen molar-refractivity contribution in [3.05, 3.63) is 15.6 Å². The van der Waals surface area contributed by atoms with Crippen molar-refractivity contribution in [3.8, 4) is 0 Å². The minimum Gasteiger partial charge on any atom is -0.306 e. The molecule has 0 aliphatic heterocycles. The van der Waals surface area contributed by atoms with Crippen LogP contribution in [0.3, 0.4) is 0 Å². The number of rotatable bonds is 5. The summed E-state index contributed by atoms with van der Waals surface area (Å²) in [6.45, 7) is 16.6. The third kappa shape index (κ3) is 4.06. The lowest BCUT2D eigenvalue weighted by atomic mass is 9.84. The molecule has 3 heteroatoms. The van der Waals surface area contributed by atoms with E-state index in [1.54, 1.807) is 0 Å². The fourth-order valence-corrected chi connectivity index (χ4v) is 3.06. The largest absolute Gasteiger partial charge is 0.306 e. The van der Waals surface area contributed by atoms with Gasteiger partial charge in [-0.2, -0.15) is 0 Å². The zero-order chi connectivity index (χ0) is 14.0. The van der Waals surface area contributed by atoms with Gasteiger partial charge in [0, 0.05) is 4.88 Å². The Balaban J connectivity index is 2.92. The van der Waals surface area contributed by atoms with Crippen LogP contribution in [0.2, 0.25) is 0 Å². The van der Waals surface area contributed by atoms with Crippen molar-refractivity contribution in [3.63, 3.8) is 0 Å². The van der Waals surface area contributed by atoms with Gasteiger partial charge in [0.25, 0.3) is 0 Å². The fourth-order valence-electron chi connectivity index (χ4n) is 1.99. The van der Waals surface area contributed by atoms with E-state index in [0.29, 0.717) is 5.41 Å². The summed E-state index contributed by atoms with van der Waals surface area (Å²) in [6, 6.07) is 0. The Morgan fingerprint density at radius 2 is 1.72 bits per heavy atom. The molecule has 0 fully saturated rings. The Kier molecular flexibility index (Phi) is 4.96. The molecule has 0 aliphatic carbocycles. The van der Waals surface area contributed by atoms with Gasteiger partial charge in [0.1, 0.15) is 5.01 Å². The van der Waals surface area contributed by atoms with Crippen molar-refractivity contribution in [2.45, 2.75) is 66.8 Å². The Morgan fingerprint density at radius 1 is 1.11 bits per heavy atom. The normalized spacial score (nSPS) is 15.7. The van der Waals surface area contributed by atoms with E-state index in [0.717, 1.165) is 13.0 Å². The first-order valence-electron chi connectivity index (χ1n) is 6.87. The van der Waals surface area contributed by atoms with Crippen LogP contribution in [0.4, 0.5) is 0 Å². The zero-order valence-corrected chi connectivity index (χ0v) is 13.8. The molecule has 0 saturated heterocycles. The topological polar surface area (TPSA) is 24.9 Å². The van der Waals surface area contributed by atoms with Crippen LogP contribution in [-0.4, -0.2) is 11.5 Å². The predicted octanol–water partition coefficient (Wildman–Crippen LogP) is 4.41. The van der Waals surface area contributed by atoms with Crippen LogP contribution in [0.25, 0.3) is 0 Å². The van der Waals surface area contributed by atoms with Crippen molar-refractivity contribution in [2.24, 2.45) is 5.41 Å². The van der Waals surface area contributed by atoms with E-state index in [4.69, 9.17) is 4.98 Å². The first kappa shape index (κ1) is 15.6. The van der Waals surface area contributed by atoms with Crippen molar-refractivity contribution in [1.82, 2.24) is 10.3 Å². The molecule has 104 valence electrons. The van der Waals surface area contributed by atoms with E-state index in [1.165, 1.54) is 22.0 Å². The van der Waals surface area contributed by atoms with Gasteiger partial charge in [-0.3, -0.25) is 0 Å². The predicted molar refractivity (Wildman–Crippen MR) is 81.3 cm³/mol. The van der Waals surface area contributed by atoms with Gasteiger partial charge in [-0.05, 0) is 45.6 Å². The number of nitrogens with zero attached hydrogens (tertiary/aromatic N) is 1. The lowest BCUT2D eigenvalue weighted by Crippen LogP contribution is -2.40. The number of hydrogen-bond acceptors (Lipinski definition) is 3. The smallest absolute Gasteiger partial charge is 0.113 e. The first-order valence-corrected chi connectivity index (χ1v) is 7.69. The molecule has 1 N–H and O–H groups in total. The van der Waals surface area contributed by atoms with Crippen LogP contribution < -0.4 is 5.32 Å². The summed E-state index contributed by atoms with van der Waals surface area (Å²) in [4.78, 5) is 6.10. The highest BCUT2D eigenvalue weighted by molar-refractivity contribution is 7.11. The monoisotopic (exact) mass is 268 g/mol. The summed E-state index contributed by atoms with van der Waals surface area (Å²) < 4.78 is 0. The number of aromatic nitrogens is 1. The minimum atomic E-state index is 0.0196. The number of thiazole rings is 1. The fraction of sp³-hybridized carbons (Fsp3) is 0.800. The summed E-state index contributed by atoms with van der Waals surface area (Å²) in [5, 5.41) is 4.88. The van der Waals surface area contributed by atoms with Crippen LogP contribution in [0.5, 0.6) is 0 Å². The van der Waals surface area contributed by atoms with Crippen LogP contribution in [-0.2, 0) is 5.54 Å². The second kappa shape index (κ2) is 5.70. The maximum absolute atomic E-state index is 4.76. The van der Waals surface area contributed by atoms with E-state index < -0.39 is 0 Å². The quantitative estimate of drug-likeness (QED) is 0.855. The Bertz CT molecular complexity index is 370. The Hall–Kier alpha value is -0.410. The van der Waals surface area contributed by atoms with E-state index in [2.05, 4.69) is 53.8 Å². The second-order valence-corrected chi connectivity index (χ2v) is 7.79. The van der Waals surface area contributed by atoms with E-state index in [9.17, 15) is 0 Å². The van der Waals surface area contributed by atoms with Gasteiger partial charge >= 0.3 is 0 Å². The molecule has 1 aromatic rings. The highest BCUT2D eigenvalue weighted by Crippen LogP contribution is 2.34. The van der Waals surface area contributed by atoms with Gasteiger partial charge in [-0.15, -0.1) is 11.3 Å². The van der Waals surface area contributed by atoms with Gasteiger partial charge < -0.3 is 5.32 Å². The van der Waals surface area contributed by atoms with Crippen LogP contribution in [0.1, 0.15) is 63.0 Å². The summed E-state index contributed by atoms with van der Waals surface area (Å²) >= 11 is 1.84. The maximum Gasteiger partial charge on any atom is 0.113 e. The van der Waals surface area contributed by atoms with Crippen molar-refractivity contribution >= 4 is 11.3 Å². The number of hydrogen-bond donors (Lipinski definition) is 1. The molecule has 2 nitrogen and oxygen atoms in total. The highest BCUT2D eigenvalue weighted by atomic mass is 32.1. The zero-order valence-electron chi connectivity index (χ0n) is 13.0. The molecule has 1 aromatic heterocycles. The van der Waals surface area contributed by atoms with Crippen molar-refractivity contribution in [1.29, 1.82) is 0 Å². The van der Waals surface area contributed by atoms with E-state index in [1.807, 2.05) is 11.3 Å². The Labute approximate surface area is 116 Å².